The van der Waals surface area contributed by atoms with Crippen LogP contribution in [0, 0.1) is 0 Å². The predicted molar refractivity (Wildman–Crippen MR) is 70.7 cm³/mol. The van der Waals surface area contributed by atoms with Gasteiger partial charge in [-0.05, 0) is 22.4 Å². The molecule has 0 atom stereocenters. The molecule has 0 saturated heterocycles. The van der Waals surface area contributed by atoms with E-state index in [4.69, 9.17) is 0 Å². The summed E-state index contributed by atoms with van der Waals surface area (Å²) in [6.07, 6.45) is 4.08. The maximum Gasteiger partial charge on any atom is 0.168 e. The molecule has 0 radical (unpaired) electrons. The predicted octanol–water partition coefficient (Wildman–Crippen LogP) is 2.90. The molecule has 0 unspecified atom stereocenters. The first-order chi connectivity index (χ1) is 8.86. The quantitative estimate of drug-likeness (QED) is 0.655. The van der Waals surface area contributed by atoms with E-state index in [1.165, 1.54) is 10.8 Å². The number of imidazole rings is 1. The van der Waals surface area contributed by atoms with Crippen molar-refractivity contribution >= 4 is 17.1 Å². The Kier molecular flexibility index (Phi) is 2.65. The van der Waals surface area contributed by atoms with Crippen molar-refractivity contribution < 1.29 is 4.79 Å². The monoisotopic (exact) mass is 236 g/mol. The Balaban J connectivity index is 1.97. The second-order valence-electron chi connectivity index (χ2n) is 4.25. The van der Waals surface area contributed by atoms with E-state index in [2.05, 4.69) is 35.3 Å². The van der Waals surface area contributed by atoms with E-state index < -0.39 is 0 Å². The standard InChI is InChI=1S/C15H12N2O/c18-10-15-8-16-11-17(15)9-12-5-6-13-3-1-2-4-14(13)7-12/h1-8,10-11H,9H2. The van der Waals surface area contributed by atoms with Gasteiger partial charge >= 0.3 is 0 Å². The zero-order valence-corrected chi connectivity index (χ0v) is 9.78. The Bertz CT molecular complexity index is 700. The molecule has 0 spiro atoms. The van der Waals surface area contributed by atoms with Gasteiger partial charge in [0.05, 0.1) is 12.5 Å². The molecule has 3 aromatic rings. The molecule has 3 rings (SSSR count). The molecule has 88 valence electrons. The normalized spacial score (nSPS) is 10.7. The Hall–Kier alpha value is -2.42. The molecule has 0 N–H and O–H groups in total. The second kappa shape index (κ2) is 4.45. The molecule has 1 heterocycles. The third-order valence-electron chi connectivity index (χ3n) is 3.03. The molecule has 0 amide bonds. The van der Waals surface area contributed by atoms with Gasteiger partial charge in [-0.1, -0.05) is 36.4 Å². The van der Waals surface area contributed by atoms with E-state index in [0.29, 0.717) is 12.2 Å². The van der Waals surface area contributed by atoms with Crippen LogP contribution >= 0.6 is 0 Å². The number of nitrogens with zero attached hydrogens (tertiary/aromatic N) is 2. The summed E-state index contributed by atoms with van der Waals surface area (Å²) in [6.45, 7) is 0.666. The Labute approximate surface area is 105 Å². The van der Waals surface area contributed by atoms with E-state index >= 15 is 0 Å². The molecule has 1 aromatic heterocycles. The summed E-state index contributed by atoms with van der Waals surface area (Å²) in [6, 6.07) is 14.6. The highest BCUT2D eigenvalue weighted by molar-refractivity contribution is 5.83. The van der Waals surface area contributed by atoms with E-state index in [1.54, 1.807) is 12.5 Å². The first kappa shape index (κ1) is 10.7. The lowest BCUT2D eigenvalue weighted by Crippen LogP contribution is -2.02. The lowest BCUT2D eigenvalue weighted by Gasteiger charge is -2.06. The Morgan fingerprint density at radius 1 is 1.11 bits per heavy atom. The molecule has 0 aliphatic rings. The molecular weight excluding hydrogens is 224 g/mol. The van der Waals surface area contributed by atoms with Crippen molar-refractivity contribution in [2.45, 2.75) is 6.54 Å². The van der Waals surface area contributed by atoms with Crippen molar-refractivity contribution in [2.24, 2.45) is 0 Å². The second-order valence-corrected chi connectivity index (χ2v) is 4.25. The van der Waals surface area contributed by atoms with Gasteiger partial charge in [-0.25, -0.2) is 4.98 Å². The molecule has 0 saturated carbocycles. The average molecular weight is 236 g/mol. The van der Waals surface area contributed by atoms with Crippen LogP contribution in [-0.2, 0) is 6.54 Å². The first-order valence-electron chi connectivity index (χ1n) is 5.80. The number of carbonyl (C=O) groups excluding carboxylic acids is 1. The molecule has 0 bridgehead atoms. The van der Waals surface area contributed by atoms with Gasteiger partial charge in [0.2, 0.25) is 0 Å². The number of hydrogen-bond donors (Lipinski definition) is 0. The molecule has 0 fully saturated rings. The van der Waals surface area contributed by atoms with Gasteiger partial charge in [0.1, 0.15) is 5.69 Å². The van der Waals surface area contributed by atoms with E-state index in [-0.39, 0.29) is 0 Å². The minimum atomic E-state index is 0.600. The number of aromatic nitrogens is 2. The lowest BCUT2D eigenvalue weighted by molar-refractivity contribution is 0.111. The molecule has 3 nitrogen and oxygen atoms in total. The third-order valence-corrected chi connectivity index (χ3v) is 3.03. The number of carbonyl (C=O) groups is 1. The van der Waals surface area contributed by atoms with Gasteiger partial charge < -0.3 is 4.57 Å². The van der Waals surface area contributed by atoms with Gasteiger partial charge in [0, 0.05) is 6.54 Å². The number of benzene rings is 2. The summed E-state index contributed by atoms with van der Waals surface area (Å²) in [7, 11) is 0. The largest absolute Gasteiger partial charge is 0.324 e. The van der Waals surface area contributed by atoms with Crippen LogP contribution in [0.3, 0.4) is 0 Å². The highest BCUT2D eigenvalue weighted by Gasteiger charge is 2.02. The summed E-state index contributed by atoms with van der Waals surface area (Å²) < 4.78 is 1.84. The van der Waals surface area contributed by atoms with E-state index in [1.807, 2.05) is 16.7 Å². The van der Waals surface area contributed by atoms with Gasteiger partial charge in [-0.3, -0.25) is 4.79 Å². The van der Waals surface area contributed by atoms with Crippen LogP contribution in [0.1, 0.15) is 16.1 Å². The highest BCUT2D eigenvalue weighted by atomic mass is 16.1. The average Bonchev–Trinajstić information content (AvgIpc) is 2.86. The minimum absolute atomic E-state index is 0.600. The maximum absolute atomic E-state index is 10.8. The van der Waals surface area contributed by atoms with Gasteiger partial charge in [-0.15, -0.1) is 0 Å². The smallest absolute Gasteiger partial charge is 0.168 e. The van der Waals surface area contributed by atoms with Gasteiger partial charge in [0.25, 0.3) is 0 Å². The summed E-state index contributed by atoms with van der Waals surface area (Å²) in [4.78, 5) is 14.8. The van der Waals surface area contributed by atoms with Gasteiger partial charge in [0.15, 0.2) is 6.29 Å². The zero-order valence-electron chi connectivity index (χ0n) is 9.78. The SMILES string of the molecule is O=Cc1cncn1Cc1ccc2ccccc2c1. The molecular formula is C15H12N2O. The third kappa shape index (κ3) is 1.91. The van der Waals surface area contributed by atoms with Crippen molar-refractivity contribution in [3.05, 3.63) is 66.2 Å². The number of rotatable bonds is 3. The summed E-state index contributed by atoms with van der Waals surface area (Å²) in [5.41, 5.74) is 1.76. The van der Waals surface area contributed by atoms with E-state index in [0.717, 1.165) is 11.8 Å². The summed E-state index contributed by atoms with van der Waals surface area (Å²) >= 11 is 0. The van der Waals surface area contributed by atoms with Crippen molar-refractivity contribution in [3.8, 4) is 0 Å². The highest BCUT2D eigenvalue weighted by Crippen LogP contribution is 2.16. The van der Waals surface area contributed by atoms with Crippen molar-refractivity contribution in [3.63, 3.8) is 0 Å². The number of aldehydes is 1. The summed E-state index contributed by atoms with van der Waals surface area (Å²) in [5, 5.41) is 2.44. The first-order valence-corrected chi connectivity index (χ1v) is 5.80. The molecule has 0 aliphatic heterocycles. The number of fused-ring (bicyclic) bond motifs is 1. The van der Waals surface area contributed by atoms with E-state index in [9.17, 15) is 4.79 Å². The molecule has 3 heteroatoms. The Morgan fingerprint density at radius 2 is 1.94 bits per heavy atom. The number of hydrogen-bond acceptors (Lipinski definition) is 2. The molecule has 0 aliphatic carbocycles. The van der Waals surface area contributed by atoms with Gasteiger partial charge in [-0.2, -0.15) is 0 Å². The van der Waals surface area contributed by atoms with Crippen LogP contribution in [0.2, 0.25) is 0 Å². The minimum Gasteiger partial charge on any atom is -0.324 e. The fraction of sp³-hybridized carbons (Fsp3) is 0.0667. The van der Waals surface area contributed by atoms with Crippen LogP contribution in [0.4, 0.5) is 0 Å². The van der Waals surface area contributed by atoms with Crippen molar-refractivity contribution in [2.75, 3.05) is 0 Å². The fourth-order valence-electron chi connectivity index (χ4n) is 2.10. The van der Waals surface area contributed by atoms with Crippen LogP contribution < -0.4 is 0 Å². The van der Waals surface area contributed by atoms with Crippen molar-refractivity contribution in [1.82, 2.24) is 9.55 Å². The fourth-order valence-corrected chi connectivity index (χ4v) is 2.10. The molecule has 2 aromatic carbocycles. The van der Waals surface area contributed by atoms with Crippen molar-refractivity contribution in [1.29, 1.82) is 0 Å². The van der Waals surface area contributed by atoms with Crippen LogP contribution in [-0.4, -0.2) is 15.8 Å². The maximum atomic E-state index is 10.8. The van der Waals surface area contributed by atoms with Crippen LogP contribution in [0.15, 0.2) is 55.0 Å². The summed E-state index contributed by atoms with van der Waals surface area (Å²) in [5.74, 6) is 0. The molecule has 18 heavy (non-hydrogen) atoms. The van der Waals surface area contributed by atoms with Crippen LogP contribution in [0.5, 0.6) is 0 Å². The Morgan fingerprint density at radius 3 is 2.78 bits per heavy atom. The zero-order chi connectivity index (χ0) is 12.4. The topological polar surface area (TPSA) is 34.9 Å². The van der Waals surface area contributed by atoms with Crippen LogP contribution in [0.25, 0.3) is 10.8 Å². The lowest BCUT2D eigenvalue weighted by atomic mass is 10.1.